The number of fused-ring (bicyclic) bond motifs is 2. The molecule has 4 aromatic rings. The maximum atomic E-state index is 13.2. The molecule has 0 radical (unpaired) electrons. The largest absolute Gasteiger partial charge is 0.491 e. The predicted octanol–water partition coefficient (Wildman–Crippen LogP) is 3.38. The number of hydrogen-bond donors (Lipinski definition) is 2. The lowest BCUT2D eigenvalue weighted by atomic mass is 9.79. The predicted molar refractivity (Wildman–Crippen MR) is 141 cm³/mol. The number of carbonyl (C=O) groups is 3. The molecule has 3 heterocycles. The first-order valence-corrected chi connectivity index (χ1v) is 13.2. The van der Waals surface area contributed by atoms with Crippen LogP contribution in [0.5, 0.6) is 5.75 Å². The van der Waals surface area contributed by atoms with Gasteiger partial charge in [-0.05, 0) is 61.0 Å². The zero-order chi connectivity index (χ0) is 27.6. The van der Waals surface area contributed by atoms with Crippen LogP contribution >= 0.6 is 11.3 Å². The molecule has 1 aliphatic heterocycles. The minimum Gasteiger partial charge on any atom is -0.491 e. The molecule has 11 nitrogen and oxygen atoms in total. The molecule has 2 aromatic carbocycles. The fraction of sp³-hybridized carbons (Fsp3) is 0.333. The van der Waals surface area contributed by atoms with Crippen LogP contribution in [-0.4, -0.2) is 62.2 Å². The smallest absolute Gasteiger partial charge is 0.321 e. The monoisotopic (exact) mass is 551 g/mol. The quantitative estimate of drug-likeness (QED) is 0.209. The molecule has 0 spiro atoms. The third-order valence-corrected chi connectivity index (χ3v) is 8.03. The summed E-state index contributed by atoms with van der Waals surface area (Å²) in [6.45, 7) is 0.803. The van der Waals surface area contributed by atoms with E-state index >= 15 is 0 Å². The number of ether oxygens (including phenoxy) is 2. The minimum atomic E-state index is -2.46. The third-order valence-electron chi connectivity index (χ3n) is 6.89. The van der Waals surface area contributed by atoms with Crippen molar-refractivity contribution in [3.8, 4) is 5.75 Å². The number of carbonyl (C=O) groups excluding carboxylic acids is 1. The van der Waals surface area contributed by atoms with Crippen LogP contribution in [-0.2, 0) is 20.9 Å². The number of nitrogens with zero attached hydrogens (tertiary/aromatic N) is 3. The Labute approximate surface area is 225 Å². The summed E-state index contributed by atoms with van der Waals surface area (Å²) >= 11 is 1.14. The molecule has 2 N–H and O–H groups in total. The summed E-state index contributed by atoms with van der Waals surface area (Å²) in [4.78, 5) is 50.7. The summed E-state index contributed by atoms with van der Waals surface area (Å²) in [6, 6.07) is 13.5. The maximum Gasteiger partial charge on any atom is 0.321 e. The third kappa shape index (κ3) is 5.38. The van der Waals surface area contributed by atoms with Gasteiger partial charge >= 0.3 is 11.9 Å². The van der Waals surface area contributed by atoms with Crippen molar-refractivity contribution in [1.82, 2.24) is 15.0 Å². The fourth-order valence-electron chi connectivity index (χ4n) is 4.58. The Bertz CT molecular complexity index is 1610. The molecule has 0 aliphatic carbocycles. The molecule has 1 aliphatic rings. The highest BCUT2D eigenvalue weighted by atomic mass is 32.1. The molecule has 39 heavy (non-hydrogen) atoms. The molecular formula is C27H25N3O8S. The standard InChI is InChI=1S/C27H25N3O8S/c31-21(23-12-16-7-8-17(13-22(16)39-23)38-15-18-4-3-11-37-18)14-27(25(33)34,26(35)36)9-10-30-24(32)19-5-1-2-6-20(19)28-29-30/h1-2,5-8,12-13,18H,3-4,9-11,14-15H2,(H,33,34)(H,35,36). The van der Waals surface area contributed by atoms with E-state index in [1.807, 2.05) is 0 Å². The van der Waals surface area contributed by atoms with Gasteiger partial charge in [0, 0.05) is 24.3 Å². The number of aryl methyl sites for hydroxylation is 1. The van der Waals surface area contributed by atoms with Crippen LogP contribution < -0.4 is 10.3 Å². The zero-order valence-corrected chi connectivity index (χ0v) is 21.6. The number of aliphatic carboxylic acids is 2. The van der Waals surface area contributed by atoms with Crippen LogP contribution in [0.15, 0.2) is 53.3 Å². The van der Waals surface area contributed by atoms with E-state index < -0.39 is 41.5 Å². The van der Waals surface area contributed by atoms with Gasteiger partial charge in [0.05, 0.1) is 16.4 Å². The van der Waals surface area contributed by atoms with Crippen molar-refractivity contribution in [2.24, 2.45) is 5.41 Å². The topological polar surface area (TPSA) is 158 Å². The number of benzene rings is 2. The Hall–Kier alpha value is -4.16. The summed E-state index contributed by atoms with van der Waals surface area (Å²) in [5.74, 6) is -3.35. The average Bonchev–Trinajstić information content (AvgIpc) is 3.60. The lowest BCUT2D eigenvalue weighted by Gasteiger charge is -2.24. The van der Waals surface area contributed by atoms with Crippen molar-refractivity contribution in [3.05, 3.63) is 63.8 Å². The van der Waals surface area contributed by atoms with Gasteiger partial charge in [0.2, 0.25) is 0 Å². The van der Waals surface area contributed by atoms with E-state index in [0.29, 0.717) is 17.9 Å². The van der Waals surface area contributed by atoms with Crippen molar-refractivity contribution < 1.29 is 34.1 Å². The normalized spacial score (nSPS) is 15.5. The zero-order valence-electron chi connectivity index (χ0n) is 20.7. The van der Waals surface area contributed by atoms with E-state index in [4.69, 9.17) is 9.47 Å². The lowest BCUT2D eigenvalue weighted by molar-refractivity contribution is -0.165. The summed E-state index contributed by atoms with van der Waals surface area (Å²) < 4.78 is 13.1. The number of Topliss-reactive ketones (excluding diaryl/α,β-unsaturated/α-hetero) is 1. The first-order valence-electron chi connectivity index (χ1n) is 12.4. The second-order valence-corrected chi connectivity index (χ2v) is 10.5. The van der Waals surface area contributed by atoms with E-state index in [2.05, 4.69) is 10.3 Å². The number of ketones is 1. The van der Waals surface area contributed by atoms with E-state index in [0.717, 1.165) is 45.6 Å². The number of rotatable bonds is 11. The van der Waals surface area contributed by atoms with Crippen LogP contribution in [0.3, 0.4) is 0 Å². The van der Waals surface area contributed by atoms with Crippen LogP contribution in [0, 0.1) is 5.41 Å². The molecule has 1 saturated heterocycles. The molecule has 0 saturated carbocycles. The Morgan fingerprint density at radius 2 is 1.92 bits per heavy atom. The second-order valence-electron chi connectivity index (χ2n) is 9.43. The van der Waals surface area contributed by atoms with Crippen molar-refractivity contribution in [3.63, 3.8) is 0 Å². The average molecular weight is 552 g/mol. The maximum absolute atomic E-state index is 13.2. The Morgan fingerprint density at radius 3 is 2.67 bits per heavy atom. The Morgan fingerprint density at radius 1 is 1.13 bits per heavy atom. The molecule has 12 heteroatoms. The number of carboxylic acids is 2. The summed E-state index contributed by atoms with van der Waals surface area (Å²) in [5, 5.41) is 28.7. The van der Waals surface area contributed by atoms with E-state index in [1.54, 1.807) is 48.5 Å². The lowest BCUT2D eigenvalue weighted by Crippen LogP contribution is -2.43. The van der Waals surface area contributed by atoms with Crippen molar-refractivity contribution in [2.45, 2.75) is 38.3 Å². The summed E-state index contributed by atoms with van der Waals surface area (Å²) in [5.41, 5.74) is -2.63. The highest BCUT2D eigenvalue weighted by Gasteiger charge is 2.48. The molecule has 1 atom stereocenters. The van der Waals surface area contributed by atoms with Crippen molar-refractivity contribution >= 4 is 50.0 Å². The Kier molecular flexibility index (Phi) is 7.40. The van der Waals surface area contributed by atoms with Crippen LogP contribution in [0.1, 0.15) is 35.4 Å². The van der Waals surface area contributed by atoms with Gasteiger partial charge in [0.1, 0.15) is 17.9 Å². The fourth-order valence-corrected chi connectivity index (χ4v) is 5.61. The van der Waals surface area contributed by atoms with Gasteiger partial charge in [-0.2, -0.15) is 0 Å². The molecule has 2 aromatic heterocycles. The number of aromatic nitrogens is 3. The van der Waals surface area contributed by atoms with Gasteiger partial charge in [-0.15, -0.1) is 16.4 Å². The van der Waals surface area contributed by atoms with Gasteiger partial charge in [-0.3, -0.25) is 19.2 Å². The SMILES string of the molecule is O=C(CC(CCn1nnc2ccccc2c1=O)(C(=O)O)C(=O)O)c1cc2ccc(OCC3CCCO3)cc2s1. The molecule has 5 rings (SSSR count). The van der Waals surface area contributed by atoms with Gasteiger partial charge in [-0.25, -0.2) is 4.68 Å². The molecule has 202 valence electrons. The number of carboxylic acid groups (broad SMARTS) is 2. The summed E-state index contributed by atoms with van der Waals surface area (Å²) in [6.07, 6.45) is 0.671. The van der Waals surface area contributed by atoms with E-state index in [1.165, 1.54) is 0 Å². The summed E-state index contributed by atoms with van der Waals surface area (Å²) in [7, 11) is 0. The van der Waals surface area contributed by atoms with Crippen LogP contribution in [0.25, 0.3) is 21.0 Å². The van der Waals surface area contributed by atoms with Gasteiger partial charge in [-0.1, -0.05) is 17.3 Å². The van der Waals surface area contributed by atoms with Crippen LogP contribution in [0.2, 0.25) is 0 Å². The van der Waals surface area contributed by atoms with E-state index in [9.17, 15) is 29.4 Å². The number of hydrogen-bond acceptors (Lipinski definition) is 9. The highest BCUT2D eigenvalue weighted by Crippen LogP contribution is 2.35. The van der Waals surface area contributed by atoms with Crippen molar-refractivity contribution in [2.75, 3.05) is 13.2 Å². The Balaban J connectivity index is 1.35. The molecule has 1 unspecified atom stereocenters. The van der Waals surface area contributed by atoms with Crippen molar-refractivity contribution in [1.29, 1.82) is 0 Å². The van der Waals surface area contributed by atoms with Gasteiger partial charge < -0.3 is 19.7 Å². The first kappa shape index (κ1) is 26.4. The number of thiophene rings is 1. The first-order chi connectivity index (χ1) is 18.8. The van der Waals surface area contributed by atoms with Gasteiger partial charge in [0.15, 0.2) is 11.2 Å². The van der Waals surface area contributed by atoms with Gasteiger partial charge in [0.25, 0.3) is 5.56 Å². The minimum absolute atomic E-state index is 0.0535. The van der Waals surface area contributed by atoms with E-state index in [-0.39, 0.29) is 22.9 Å². The second kappa shape index (κ2) is 10.9. The molecule has 0 amide bonds. The highest BCUT2D eigenvalue weighted by molar-refractivity contribution is 7.20. The molecule has 1 fully saturated rings. The molecule has 0 bridgehead atoms. The van der Waals surface area contributed by atoms with Crippen LogP contribution in [0.4, 0.5) is 0 Å². The molecular weight excluding hydrogens is 526 g/mol.